The number of nitrogens with zero attached hydrogens (tertiary/aromatic N) is 3. The third-order valence-corrected chi connectivity index (χ3v) is 5.49. The van der Waals surface area contributed by atoms with E-state index in [2.05, 4.69) is 11.4 Å². The Morgan fingerprint density at radius 2 is 1.74 bits per heavy atom. The molecule has 1 aromatic heterocycles. The summed E-state index contributed by atoms with van der Waals surface area (Å²) in [5, 5.41) is 12.3. The van der Waals surface area contributed by atoms with E-state index in [1.807, 2.05) is 36.6 Å². The van der Waals surface area contributed by atoms with Gasteiger partial charge in [0.05, 0.1) is 18.2 Å². The number of rotatable bonds is 4. The number of carbonyl (C=O) groups excluding carboxylic acids is 2. The molecular formula is C24H19ClN4O2. The van der Waals surface area contributed by atoms with Crippen LogP contribution in [-0.2, 0) is 11.3 Å². The molecule has 2 heterocycles. The lowest BCUT2D eigenvalue weighted by Gasteiger charge is -2.11. The first-order valence-electron chi connectivity index (χ1n) is 9.66. The number of hydrogen-bond acceptors (Lipinski definition) is 3. The molecule has 0 radical (unpaired) electrons. The predicted molar refractivity (Wildman–Crippen MR) is 118 cm³/mol. The average Bonchev–Trinajstić information content (AvgIpc) is 3.19. The second kappa shape index (κ2) is 8.13. The Hall–Kier alpha value is -3.82. The smallest absolute Gasteiger partial charge is 0.318 e. The fourth-order valence-corrected chi connectivity index (χ4v) is 3.79. The zero-order valence-electron chi connectivity index (χ0n) is 17.0. The van der Waals surface area contributed by atoms with Gasteiger partial charge in [-0.1, -0.05) is 23.7 Å². The molecule has 6 nitrogen and oxygen atoms in total. The van der Waals surface area contributed by atoms with Crippen LogP contribution < -0.4 is 5.32 Å². The number of nitriles is 1. The van der Waals surface area contributed by atoms with Crippen molar-refractivity contribution in [2.45, 2.75) is 20.4 Å². The monoisotopic (exact) mass is 430 g/mol. The van der Waals surface area contributed by atoms with Gasteiger partial charge < -0.3 is 9.88 Å². The van der Waals surface area contributed by atoms with E-state index in [4.69, 9.17) is 16.9 Å². The summed E-state index contributed by atoms with van der Waals surface area (Å²) >= 11 is 5.90. The number of amides is 3. The van der Waals surface area contributed by atoms with Crippen molar-refractivity contribution in [3.8, 4) is 11.8 Å². The summed E-state index contributed by atoms with van der Waals surface area (Å²) in [4.78, 5) is 26.4. The van der Waals surface area contributed by atoms with E-state index in [0.29, 0.717) is 10.6 Å². The van der Waals surface area contributed by atoms with Crippen molar-refractivity contribution in [1.82, 2.24) is 14.8 Å². The Morgan fingerprint density at radius 1 is 1.06 bits per heavy atom. The van der Waals surface area contributed by atoms with Crippen molar-refractivity contribution in [3.63, 3.8) is 0 Å². The van der Waals surface area contributed by atoms with E-state index in [9.17, 15) is 9.59 Å². The highest BCUT2D eigenvalue weighted by atomic mass is 35.5. The highest BCUT2D eigenvalue weighted by Gasteiger charge is 2.33. The van der Waals surface area contributed by atoms with Gasteiger partial charge in [0.15, 0.2) is 0 Å². The second-order valence-electron chi connectivity index (χ2n) is 7.33. The van der Waals surface area contributed by atoms with Crippen LogP contribution >= 0.6 is 11.6 Å². The van der Waals surface area contributed by atoms with Crippen molar-refractivity contribution in [2.24, 2.45) is 0 Å². The number of urea groups is 1. The van der Waals surface area contributed by atoms with Crippen molar-refractivity contribution in [3.05, 3.63) is 93.4 Å². The van der Waals surface area contributed by atoms with Crippen molar-refractivity contribution >= 4 is 29.6 Å². The Kier molecular flexibility index (Phi) is 5.37. The normalized spacial score (nSPS) is 14.8. The van der Waals surface area contributed by atoms with E-state index in [-0.39, 0.29) is 18.1 Å². The van der Waals surface area contributed by atoms with Crippen molar-refractivity contribution in [1.29, 1.82) is 5.26 Å². The number of aromatic nitrogens is 1. The van der Waals surface area contributed by atoms with Crippen LogP contribution in [0.25, 0.3) is 11.8 Å². The first kappa shape index (κ1) is 20.5. The molecule has 1 aliphatic heterocycles. The number of benzene rings is 2. The molecule has 3 aromatic rings. The zero-order chi connectivity index (χ0) is 22.1. The van der Waals surface area contributed by atoms with Crippen LogP contribution in [0.4, 0.5) is 4.79 Å². The molecule has 1 saturated heterocycles. The quantitative estimate of drug-likeness (QED) is 0.480. The number of aryl methyl sites for hydroxylation is 1. The summed E-state index contributed by atoms with van der Waals surface area (Å²) in [6, 6.07) is 17.9. The number of halogens is 1. The third-order valence-electron chi connectivity index (χ3n) is 5.24. The van der Waals surface area contributed by atoms with E-state index in [1.165, 1.54) is 4.90 Å². The molecule has 7 heteroatoms. The fraction of sp³-hybridized carbons (Fsp3) is 0.125. The van der Waals surface area contributed by atoms with Crippen molar-refractivity contribution < 1.29 is 9.59 Å². The summed E-state index contributed by atoms with van der Waals surface area (Å²) in [7, 11) is 0. The van der Waals surface area contributed by atoms with Crippen molar-refractivity contribution in [2.75, 3.05) is 0 Å². The molecular weight excluding hydrogens is 412 g/mol. The second-order valence-corrected chi connectivity index (χ2v) is 7.76. The summed E-state index contributed by atoms with van der Waals surface area (Å²) in [5.41, 5.74) is 5.29. The Morgan fingerprint density at radius 3 is 2.39 bits per heavy atom. The molecule has 0 atom stereocenters. The zero-order valence-corrected chi connectivity index (χ0v) is 17.8. The molecule has 0 saturated carbocycles. The lowest BCUT2D eigenvalue weighted by molar-refractivity contribution is -0.123. The molecule has 0 unspecified atom stereocenters. The fourth-order valence-electron chi connectivity index (χ4n) is 3.66. The number of carbonyl (C=O) groups is 2. The summed E-state index contributed by atoms with van der Waals surface area (Å²) in [5.74, 6) is -0.372. The van der Waals surface area contributed by atoms with Gasteiger partial charge in [-0.15, -0.1) is 0 Å². The lowest BCUT2D eigenvalue weighted by atomic mass is 10.2. The molecule has 154 valence electrons. The molecule has 4 rings (SSSR count). The minimum Gasteiger partial charge on any atom is -0.318 e. The van der Waals surface area contributed by atoms with E-state index >= 15 is 0 Å². The maximum Gasteiger partial charge on any atom is 0.329 e. The third kappa shape index (κ3) is 3.96. The summed E-state index contributed by atoms with van der Waals surface area (Å²) in [6.07, 6.45) is 1.70. The van der Waals surface area contributed by atoms with Crippen LogP contribution in [0.15, 0.2) is 60.3 Å². The van der Waals surface area contributed by atoms with Crippen LogP contribution in [-0.4, -0.2) is 21.4 Å². The van der Waals surface area contributed by atoms with Gasteiger partial charge in [-0.25, -0.2) is 4.79 Å². The van der Waals surface area contributed by atoms with E-state index in [1.54, 1.807) is 42.5 Å². The topological polar surface area (TPSA) is 78.1 Å². The van der Waals surface area contributed by atoms with Gasteiger partial charge in [-0.2, -0.15) is 5.26 Å². The molecule has 1 fully saturated rings. The largest absolute Gasteiger partial charge is 0.329 e. The number of hydrogen-bond donors (Lipinski definition) is 1. The Labute approximate surface area is 185 Å². The molecule has 31 heavy (non-hydrogen) atoms. The van der Waals surface area contributed by atoms with Gasteiger partial charge in [-0.05, 0) is 73.5 Å². The van der Waals surface area contributed by atoms with Gasteiger partial charge >= 0.3 is 6.03 Å². The van der Waals surface area contributed by atoms with Gasteiger partial charge in [0.1, 0.15) is 5.70 Å². The van der Waals surface area contributed by atoms with E-state index < -0.39 is 6.03 Å². The standard InChI is InChI=1S/C24H19ClN4O2/c1-15-11-19(16(2)29(15)21-9-5-17(13-26)6-10-21)12-22-23(30)28(24(31)27-22)14-18-3-7-20(25)8-4-18/h3-12H,14H2,1-2H3,(H,27,31). The summed E-state index contributed by atoms with van der Waals surface area (Å²) in [6.45, 7) is 4.09. The van der Waals surface area contributed by atoms with Gasteiger partial charge in [0.2, 0.25) is 0 Å². The maximum absolute atomic E-state index is 12.8. The van der Waals surface area contributed by atoms with Crippen LogP contribution in [0, 0.1) is 25.2 Å². The highest BCUT2D eigenvalue weighted by Crippen LogP contribution is 2.25. The van der Waals surface area contributed by atoms with Crippen LogP contribution in [0.1, 0.15) is 28.1 Å². The Bertz CT molecular complexity index is 1250. The minimum atomic E-state index is -0.452. The summed E-state index contributed by atoms with van der Waals surface area (Å²) < 4.78 is 2.04. The van der Waals surface area contributed by atoms with Gasteiger partial charge in [0.25, 0.3) is 5.91 Å². The first-order valence-corrected chi connectivity index (χ1v) is 10.0. The molecule has 1 N–H and O–H groups in total. The minimum absolute atomic E-state index is 0.170. The molecule has 3 amide bonds. The lowest BCUT2D eigenvalue weighted by Crippen LogP contribution is -2.30. The first-order chi connectivity index (χ1) is 14.9. The van der Waals surface area contributed by atoms with Crippen LogP contribution in [0.5, 0.6) is 0 Å². The molecule has 1 aliphatic rings. The van der Waals surface area contributed by atoms with Crippen LogP contribution in [0.3, 0.4) is 0 Å². The molecule has 2 aromatic carbocycles. The van der Waals surface area contributed by atoms with Gasteiger partial charge in [0, 0.05) is 22.1 Å². The maximum atomic E-state index is 12.8. The highest BCUT2D eigenvalue weighted by molar-refractivity contribution is 6.30. The predicted octanol–water partition coefficient (Wildman–Crippen LogP) is 4.71. The average molecular weight is 431 g/mol. The molecule has 0 aliphatic carbocycles. The van der Waals surface area contributed by atoms with Crippen LogP contribution in [0.2, 0.25) is 5.02 Å². The number of imide groups is 1. The van der Waals surface area contributed by atoms with E-state index in [0.717, 1.165) is 28.2 Å². The molecule has 0 bridgehead atoms. The molecule has 0 spiro atoms. The van der Waals surface area contributed by atoms with Gasteiger partial charge in [-0.3, -0.25) is 9.69 Å². The Balaban J connectivity index is 1.61. The SMILES string of the molecule is Cc1cc(C=C2NC(=O)N(Cc3ccc(Cl)cc3)C2=O)c(C)n1-c1ccc(C#N)cc1. The number of nitrogens with one attached hydrogen (secondary N) is 1.